The van der Waals surface area contributed by atoms with E-state index < -0.39 is 0 Å². The van der Waals surface area contributed by atoms with Crippen molar-refractivity contribution >= 4 is 27.7 Å². The summed E-state index contributed by atoms with van der Waals surface area (Å²) in [6, 6.07) is 22.5. The standard InChI is InChI=1S/C28H33N3O2/c1-4-21(5-2)28(32)29-20(3)27-30-25-13-8-9-14-26(25)31(27)17-10-18-33-24-16-15-22-11-6-7-12-23(22)19-24/h6-9,11-16,19-21H,4-5,10,17-18H2,1-3H3,(H,29,32). The molecule has 0 saturated carbocycles. The van der Waals surface area contributed by atoms with E-state index in [1.54, 1.807) is 0 Å². The van der Waals surface area contributed by atoms with Gasteiger partial charge in [0.25, 0.3) is 0 Å². The molecule has 1 aromatic heterocycles. The van der Waals surface area contributed by atoms with Crippen LogP contribution < -0.4 is 10.1 Å². The molecule has 3 aromatic carbocycles. The normalized spacial score (nSPS) is 12.4. The predicted molar refractivity (Wildman–Crippen MR) is 134 cm³/mol. The Hall–Kier alpha value is -3.34. The number of para-hydroxylation sites is 2. The van der Waals surface area contributed by atoms with Crippen LogP contribution in [0.3, 0.4) is 0 Å². The Morgan fingerprint density at radius 2 is 1.73 bits per heavy atom. The molecule has 1 unspecified atom stereocenters. The molecule has 4 aromatic rings. The van der Waals surface area contributed by atoms with E-state index in [1.165, 1.54) is 10.8 Å². The van der Waals surface area contributed by atoms with Gasteiger partial charge in [-0.2, -0.15) is 0 Å². The molecule has 1 atom stereocenters. The van der Waals surface area contributed by atoms with Crippen LogP contribution in [-0.4, -0.2) is 22.1 Å². The second kappa shape index (κ2) is 10.5. The maximum atomic E-state index is 12.7. The van der Waals surface area contributed by atoms with Crippen molar-refractivity contribution in [2.75, 3.05) is 6.61 Å². The molecular weight excluding hydrogens is 410 g/mol. The van der Waals surface area contributed by atoms with Crippen molar-refractivity contribution < 1.29 is 9.53 Å². The zero-order valence-electron chi connectivity index (χ0n) is 19.8. The number of amides is 1. The van der Waals surface area contributed by atoms with E-state index in [9.17, 15) is 4.79 Å². The summed E-state index contributed by atoms with van der Waals surface area (Å²) < 4.78 is 8.27. The predicted octanol–water partition coefficient (Wildman–Crippen LogP) is 6.27. The lowest BCUT2D eigenvalue weighted by molar-refractivity contribution is -0.125. The summed E-state index contributed by atoms with van der Waals surface area (Å²) in [5.74, 6) is 1.92. The number of hydrogen-bond acceptors (Lipinski definition) is 3. The summed E-state index contributed by atoms with van der Waals surface area (Å²) in [6.07, 6.45) is 2.53. The number of nitrogens with one attached hydrogen (secondary N) is 1. The highest BCUT2D eigenvalue weighted by Gasteiger charge is 2.21. The fraction of sp³-hybridized carbons (Fsp3) is 0.357. The van der Waals surface area contributed by atoms with Crippen LogP contribution in [0, 0.1) is 5.92 Å². The van der Waals surface area contributed by atoms with Gasteiger partial charge in [-0.1, -0.05) is 56.3 Å². The molecule has 1 N–H and O–H groups in total. The first-order chi connectivity index (χ1) is 16.1. The lowest BCUT2D eigenvalue weighted by Gasteiger charge is -2.19. The van der Waals surface area contributed by atoms with Gasteiger partial charge in [-0.25, -0.2) is 4.98 Å². The molecule has 5 heteroatoms. The third-order valence-corrected chi connectivity index (χ3v) is 6.30. The molecule has 5 nitrogen and oxygen atoms in total. The van der Waals surface area contributed by atoms with Crippen molar-refractivity contribution in [3.8, 4) is 5.75 Å². The molecule has 0 fully saturated rings. The van der Waals surface area contributed by atoms with Crippen LogP contribution in [0.2, 0.25) is 0 Å². The molecule has 0 saturated heterocycles. The van der Waals surface area contributed by atoms with E-state index in [-0.39, 0.29) is 17.9 Å². The number of aromatic nitrogens is 2. The molecule has 0 aliphatic carbocycles. The SMILES string of the molecule is CCC(CC)C(=O)NC(C)c1nc2ccccc2n1CCCOc1ccc2ccccc2c1. The molecule has 0 aliphatic heterocycles. The Balaban J connectivity index is 1.45. The van der Waals surface area contributed by atoms with Gasteiger partial charge in [0.15, 0.2) is 0 Å². The molecule has 0 aliphatic rings. The van der Waals surface area contributed by atoms with E-state index in [4.69, 9.17) is 9.72 Å². The van der Waals surface area contributed by atoms with Gasteiger partial charge in [0.1, 0.15) is 11.6 Å². The lowest BCUT2D eigenvalue weighted by atomic mass is 10.0. The molecule has 4 rings (SSSR count). The minimum atomic E-state index is -0.160. The Bertz CT molecular complexity index is 1230. The van der Waals surface area contributed by atoms with Gasteiger partial charge < -0.3 is 14.6 Å². The third kappa shape index (κ3) is 5.19. The Labute approximate surface area is 195 Å². The van der Waals surface area contributed by atoms with Crippen LogP contribution in [0.1, 0.15) is 51.9 Å². The van der Waals surface area contributed by atoms with Gasteiger partial charge in [0.05, 0.1) is 23.7 Å². The smallest absolute Gasteiger partial charge is 0.223 e. The monoisotopic (exact) mass is 443 g/mol. The number of rotatable bonds is 10. The Morgan fingerprint density at radius 3 is 2.52 bits per heavy atom. The lowest BCUT2D eigenvalue weighted by Crippen LogP contribution is -2.33. The number of benzene rings is 3. The van der Waals surface area contributed by atoms with Crippen molar-refractivity contribution in [2.45, 2.75) is 52.6 Å². The van der Waals surface area contributed by atoms with Crippen LogP contribution in [0.15, 0.2) is 66.7 Å². The highest BCUT2D eigenvalue weighted by molar-refractivity contribution is 5.83. The fourth-order valence-electron chi connectivity index (χ4n) is 4.38. The highest BCUT2D eigenvalue weighted by Crippen LogP contribution is 2.23. The number of hydrogen-bond donors (Lipinski definition) is 1. The molecule has 1 amide bonds. The number of imidazole rings is 1. The van der Waals surface area contributed by atoms with Crippen molar-refractivity contribution in [2.24, 2.45) is 5.92 Å². The summed E-state index contributed by atoms with van der Waals surface area (Å²) in [5, 5.41) is 5.57. The summed E-state index contributed by atoms with van der Waals surface area (Å²) in [4.78, 5) is 17.5. The first-order valence-corrected chi connectivity index (χ1v) is 12.0. The van der Waals surface area contributed by atoms with E-state index in [2.05, 4.69) is 54.1 Å². The zero-order chi connectivity index (χ0) is 23.2. The number of fused-ring (bicyclic) bond motifs is 2. The third-order valence-electron chi connectivity index (χ3n) is 6.30. The topological polar surface area (TPSA) is 56.2 Å². The average Bonchev–Trinajstić information content (AvgIpc) is 3.21. The van der Waals surface area contributed by atoms with Crippen LogP contribution in [0.25, 0.3) is 21.8 Å². The maximum Gasteiger partial charge on any atom is 0.223 e. The van der Waals surface area contributed by atoms with Crippen molar-refractivity contribution in [3.05, 3.63) is 72.6 Å². The molecule has 1 heterocycles. The van der Waals surface area contributed by atoms with Crippen LogP contribution in [0.4, 0.5) is 0 Å². The van der Waals surface area contributed by atoms with Crippen LogP contribution in [0.5, 0.6) is 5.75 Å². The van der Waals surface area contributed by atoms with E-state index in [1.807, 2.05) is 43.3 Å². The molecular formula is C28H33N3O2. The van der Waals surface area contributed by atoms with Gasteiger partial charge >= 0.3 is 0 Å². The number of carbonyl (C=O) groups is 1. The fourth-order valence-corrected chi connectivity index (χ4v) is 4.38. The Kier molecular flexibility index (Phi) is 7.28. The molecule has 0 radical (unpaired) electrons. The summed E-state index contributed by atoms with van der Waals surface area (Å²) in [6.45, 7) is 7.52. The number of nitrogens with zero attached hydrogens (tertiary/aromatic N) is 2. The summed E-state index contributed by atoms with van der Waals surface area (Å²) in [5.41, 5.74) is 2.04. The van der Waals surface area contributed by atoms with Gasteiger partial charge in [0.2, 0.25) is 5.91 Å². The summed E-state index contributed by atoms with van der Waals surface area (Å²) >= 11 is 0. The number of ether oxygens (including phenoxy) is 1. The second-order valence-corrected chi connectivity index (χ2v) is 8.57. The van der Waals surface area contributed by atoms with Crippen LogP contribution >= 0.6 is 0 Å². The molecule has 172 valence electrons. The van der Waals surface area contributed by atoms with Crippen molar-refractivity contribution in [1.82, 2.24) is 14.9 Å². The average molecular weight is 444 g/mol. The first kappa shape index (κ1) is 22.8. The molecule has 0 spiro atoms. The van der Waals surface area contributed by atoms with Crippen LogP contribution in [-0.2, 0) is 11.3 Å². The van der Waals surface area contributed by atoms with Crippen molar-refractivity contribution in [1.29, 1.82) is 0 Å². The van der Waals surface area contributed by atoms with E-state index >= 15 is 0 Å². The van der Waals surface area contributed by atoms with Crippen molar-refractivity contribution in [3.63, 3.8) is 0 Å². The molecule has 33 heavy (non-hydrogen) atoms. The van der Waals surface area contributed by atoms with Gasteiger partial charge in [-0.05, 0) is 61.2 Å². The maximum absolute atomic E-state index is 12.7. The first-order valence-electron chi connectivity index (χ1n) is 12.0. The number of aryl methyl sites for hydroxylation is 1. The van der Waals surface area contributed by atoms with Gasteiger partial charge in [-0.3, -0.25) is 4.79 Å². The van der Waals surface area contributed by atoms with Gasteiger partial charge in [0, 0.05) is 12.5 Å². The number of carbonyl (C=O) groups excluding carboxylic acids is 1. The largest absolute Gasteiger partial charge is 0.494 e. The Morgan fingerprint density at radius 1 is 1.00 bits per heavy atom. The van der Waals surface area contributed by atoms with Gasteiger partial charge in [-0.15, -0.1) is 0 Å². The minimum Gasteiger partial charge on any atom is -0.494 e. The summed E-state index contributed by atoms with van der Waals surface area (Å²) in [7, 11) is 0. The van der Waals surface area contributed by atoms with E-state index in [0.717, 1.165) is 48.4 Å². The van der Waals surface area contributed by atoms with E-state index in [0.29, 0.717) is 6.61 Å². The molecule has 0 bridgehead atoms. The minimum absolute atomic E-state index is 0.0423. The second-order valence-electron chi connectivity index (χ2n) is 8.57. The highest BCUT2D eigenvalue weighted by atomic mass is 16.5. The quantitative estimate of drug-likeness (QED) is 0.294. The zero-order valence-corrected chi connectivity index (χ0v) is 19.8.